The summed E-state index contributed by atoms with van der Waals surface area (Å²) in [6, 6.07) is 0. The van der Waals surface area contributed by atoms with Gasteiger partial charge in [0.15, 0.2) is 0 Å². The summed E-state index contributed by atoms with van der Waals surface area (Å²) in [5.74, 6) is 2.41. The molecule has 0 radical (unpaired) electrons. The van der Waals surface area contributed by atoms with Crippen LogP contribution in [0.4, 0.5) is 11.8 Å². The molecular formula is C14H24N4. The van der Waals surface area contributed by atoms with Crippen molar-refractivity contribution >= 4 is 11.8 Å². The Kier molecular flexibility index (Phi) is 3.73. The highest BCUT2D eigenvalue weighted by Gasteiger charge is 2.45. The molecule has 0 spiro atoms. The van der Waals surface area contributed by atoms with Gasteiger partial charge in [-0.2, -0.15) is 4.98 Å². The number of aromatic nitrogens is 2. The molecule has 1 aliphatic rings. The summed E-state index contributed by atoms with van der Waals surface area (Å²) in [7, 11) is 0. The molecule has 1 heterocycles. The van der Waals surface area contributed by atoms with Crippen LogP contribution in [-0.4, -0.2) is 23.1 Å². The van der Waals surface area contributed by atoms with E-state index in [4.69, 9.17) is 0 Å². The zero-order valence-electron chi connectivity index (χ0n) is 11.9. The predicted octanol–water partition coefficient (Wildman–Crippen LogP) is 3.06. The van der Waals surface area contributed by atoms with Crippen molar-refractivity contribution in [1.29, 1.82) is 0 Å². The van der Waals surface area contributed by atoms with E-state index in [-0.39, 0.29) is 0 Å². The normalized spacial score (nSPS) is 16.7. The molecule has 1 fully saturated rings. The van der Waals surface area contributed by atoms with Crippen molar-refractivity contribution in [3.05, 3.63) is 11.8 Å². The van der Waals surface area contributed by atoms with Gasteiger partial charge in [0, 0.05) is 24.8 Å². The zero-order chi connectivity index (χ0) is 13.2. The van der Waals surface area contributed by atoms with Crippen molar-refractivity contribution in [2.24, 2.45) is 11.3 Å². The van der Waals surface area contributed by atoms with E-state index in [9.17, 15) is 0 Å². The van der Waals surface area contributed by atoms with Crippen LogP contribution in [0.1, 0.15) is 39.2 Å². The van der Waals surface area contributed by atoms with E-state index in [1.54, 1.807) is 0 Å². The van der Waals surface area contributed by atoms with Crippen molar-refractivity contribution < 1.29 is 0 Å². The van der Waals surface area contributed by atoms with E-state index in [0.29, 0.717) is 11.4 Å². The van der Waals surface area contributed by atoms with Gasteiger partial charge in [0.1, 0.15) is 5.82 Å². The van der Waals surface area contributed by atoms with Crippen LogP contribution in [0, 0.1) is 18.3 Å². The van der Waals surface area contributed by atoms with Crippen LogP contribution in [0.25, 0.3) is 0 Å². The molecule has 0 aromatic carbocycles. The topological polar surface area (TPSA) is 49.8 Å². The Labute approximate surface area is 110 Å². The number of rotatable bonds is 6. The van der Waals surface area contributed by atoms with E-state index in [1.165, 1.54) is 12.8 Å². The minimum absolute atomic E-state index is 0.496. The molecule has 0 bridgehead atoms. The van der Waals surface area contributed by atoms with Gasteiger partial charge in [-0.15, -0.1) is 0 Å². The van der Waals surface area contributed by atoms with Crippen molar-refractivity contribution in [1.82, 2.24) is 9.97 Å². The molecule has 4 nitrogen and oxygen atoms in total. The minimum Gasteiger partial charge on any atom is -0.369 e. The molecule has 0 unspecified atom stereocenters. The van der Waals surface area contributed by atoms with Gasteiger partial charge in [-0.1, -0.05) is 13.8 Å². The van der Waals surface area contributed by atoms with Crippen molar-refractivity contribution in [2.45, 2.75) is 40.5 Å². The lowest BCUT2D eigenvalue weighted by Crippen LogP contribution is -2.22. The van der Waals surface area contributed by atoms with Crippen LogP contribution in [0.2, 0.25) is 0 Å². The first-order valence-corrected chi connectivity index (χ1v) is 6.89. The maximum absolute atomic E-state index is 4.52. The second-order valence-corrected chi connectivity index (χ2v) is 5.63. The Morgan fingerprint density at radius 1 is 1.33 bits per heavy atom. The van der Waals surface area contributed by atoms with Gasteiger partial charge in [-0.3, -0.25) is 0 Å². The summed E-state index contributed by atoms with van der Waals surface area (Å²) in [5, 5.41) is 6.65. The quantitative estimate of drug-likeness (QED) is 0.812. The van der Waals surface area contributed by atoms with Crippen molar-refractivity contribution in [2.75, 3.05) is 23.7 Å². The Hall–Kier alpha value is -1.32. The lowest BCUT2D eigenvalue weighted by atomic mass is 9.92. The molecule has 0 aliphatic heterocycles. The molecule has 1 saturated carbocycles. The van der Waals surface area contributed by atoms with E-state index < -0.39 is 0 Å². The third-order valence-corrected chi connectivity index (χ3v) is 4.03. The molecule has 2 N–H and O–H groups in total. The highest BCUT2D eigenvalue weighted by molar-refractivity contribution is 5.46. The standard InChI is InChI=1S/C14H24N4/c1-5-15-13-16-8-11(4)12(18-13)17-9-14(6-7-14)10(2)3/h8,10H,5-7,9H2,1-4H3,(H2,15,16,17,18). The molecule has 1 aliphatic carbocycles. The molecule has 4 heteroatoms. The molecule has 0 atom stereocenters. The first-order chi connectivity index (χ1) is 8.57. The summed E-state index contributed by atoms with van der Waals surface area (Å²) >= 11 is 0. The first kappa shape index (κ1) is 13.1. The lowest BCUT2D eigenvalue weighted by Gasteiger charge is -2.21. The van der Waals surface area contributed by atoms with Crippen molar-refractivity contribution in [3.8, 4) is 0 Å². The van der Waals surface area contributed by atoms with E-state index in [2.05, 4.69) is 34.4 Å². The number of hydrogen-bond donors (Lipinski definition) is 2. The Morgan fingerprint density at radius 3 is 2.61 bits per heavy atom. The minimum atomic E-state index is 0.496. The van der Waals surface area contributed by atoms with Gasteiger partial charge >= 0.3 is 0 Å². The number of nitrogens with zero attached hydrogens (tertiary/aromatic N) is 2. The SMILES string of the molecule is CCNc1ncc(C)c(NCC2(C(C)C)CC2)n1. The second-order valence-electron chi connectivity index (χ2n) is 5.63. The summed E-state index contributed by atoms with van der Waals surface area (Å²) < 4.78 is 0. The van der Waals surface area contributed by atoms with Crippen LogP contribution in [0.3, 0.4) is 0 Å². The highest BCUT2D eigenvalue weighted by atomic mass is 15.1. The Morgan fingerprint density at radius 2 is 2.06 bits per heavy atom. The fourth-order valence-corrected chi connectivity index (χ4v) is 2.24. The van der Waals surface area contributed by atoms with Gasteiger partial charge in [-0.05, 0) is 38.0 Å². The molecule has 1 aromatic rings. The largest absolute Gasteiger partial charge is 0.369 e. The number of anilines is 2. The highest BCUT2D eigenvalue weighted by Crippen LogP contribution is 2.51. The molecule has 1 aromatic heterocycles. The predicted molar refractivity (Wildman–Crippen MR) is 75.9 cm³/mol. The maximum atomic E-state index is 4.52. The maximum Gasteiger partial charge on any atom is 0.224 e. The number of aryl methyl sites for hydroxylation is 1. The molecule has 0 saturated heterocycles. The molecule has 18 heavy (non-hydrogen) atoms. The van der Waals surface area contributed by atoms with Crippen molar-refractivity contribution in [3.63, 3.8) is 0 Å². The van der Waals surface area contributed by atoms with E-state index in [0.717, 1.165) is 30.4 Å². The lowest BCUT2D eigenvalue weighted by molar-refractivity contribution is 0.380. The van der Waals surface area contributed by atoms with Gasteiger partial charge < -0.3 is 10.6 Å². The molecule has 100 valence electrons. The summed E-state index contributed by atoms with van der Waals surface area (Å²) in [6.07, 6.45) is 4.55. The third-order valence-electron chi connectivity index (χ3n) is 4.03. The zero-order valence-corrected chi connectivity index (χ0v) is 11.9. The third kappa shape index (κ3) is 2.74. The van der Waals surface area contributed by atoms with Crippen LogP contribution in [-0.2, 0) is 0 Å². The Bertz CT molecular complexity index is 410. The number of nitrogens with one attached hydrogen (secondary N) is 2. The van der Waals surface area contributed by atoms with E-state index >= 15 is 0 Å². The smallest absolute Gasteiger partial charge is 0.224 e. The second kappa shape index (κ2) is 5.12. The number of hydrogen-bond acceptors (Lipinski definition) is 4. The summed E-state index contributed by atoms with van der Waals surface area (Å²) in [5.41, 5.74) is 1.60. The molecule has 0 amide bonds. The van der Waals surface area contributed by atoms with Crippen LogP contribution in [0.15, 0.2) is 6.20 Å². The summed E-state index contributed by atoms with van der Waals surface area (Å²) in [4.78, 5) is 8.78. The van der Waals surface area contributed by atoms with Gasteiger partial charge in [-0.25, -0.2) is 4.98 Å². The average Bonchev–Trinajstić information content (AvgIpc) is 3.11. The average molecular weight is 248 g/mol. The molecular weight excluding hydrogens is 224 g/mol. The first-order valence-electron chi connectivity index (χ1n) is 6.89. The van der Waals surface area contributed by atoms with Crippen LogP contribution >= 0.6 is 0 Å². The monoisotopic (exact) mass is 248 g/mol. The fourth-order valence-electron chi connectivity index (χ4n) is 2.24. The van der Waals surface area contributed by atoms with E-state index in [1.807, 2.05) is 20.0 Å². The Balaban J connectivity index is 2.02. The summed E-state index contributed by atoms with van der Waals surface area (Å²) in [6.45, 7) is 10.6. The van der Waals surface area contributed by atoms with Crippen LogP contribution in [0.5, 0.6) is 0 Å². The van der Waals surface area contributed by atoms with Gasteiger partial charge in [0.25, 0.3) is 0 Å². The van der Waals surface area contributed by atoms with Crippen LogP contribution < -0.4 is 10.6 Å². The fraction of sp³-hybridized carbons (Fsp3) is 0.714. The van der Waals surface area contributed by atoms with Gasteiger partial charge in [0.05, 0.1) is 0 Å². The van der Waals surface area contributed by atoms with Gasteiger partial charge in [0.2, 0.25) is 5.95 Å². The molecule has 2 rings (SSSR count).